The molecule has 1 unspecified atom stereocenters. The Morgan fingerprint density at radius 1 is 1.08 bits per heavy atom. The summed E-state index contributed by atoms with van der Waals surface area (Å²) in [5.41, 5.74) is 4.04. The van der Waals surface area contributed by atoms with Gasteiger partial charge >= 0.3 is 5.97 Å². The van der Waals surface area contributed by atoms with Gasteiger partial charge in [-0.1, -0.05) is 48.2 Å². The molecule has 0 radical (unpaired) electrons. The quantitative estimate of drug-likeness (QED) is 0.497. The molecule has 6 heteroatoms. The van der Waals surface area contributed by atoms with Crippen molar-refractivity contribution in [2.45, 2.75) is 36.1 Å². The van der Waals surface area contributed by atoms with Gasteiger partial charge in [-0.3, -0.25) is 4.79 Å². The van der Waals surface area contributed by atoms with Crippen LogP contribution in [0.2, 0.25) is 0 Å². The molecule has 0 bridgehead atoms. The molecule has 1 N–H and O–H groups in total. The number of hydrogen-bond acceptors (Lipinski definition) is 5. The van der Waals surface area contributed by atoms with E-state index < -0.39 is 11.2 Å². The van der Waals surface area contributed by atoms with Gasteiger partial charge in [0.1, 0.15) is 5.25 Å². The number of carboxylic acids is 1. The van der Waals surface area contributed by atoms with E-state index in [2.05, 4.69) is 6.07 Å². The number of aliphatic carboxylic acids is 1. The zero-order chi connectivity index (χ0) is 17.9. The summed E-state index contributed by atoms with van der Waals surface area (Å²) in [6.07, 6.45) is 4.21. The predicted molar refractivity (Wildman–Crippen MR) is 105 cm³/mol. The van der Waals surface area contributed by atoms with Crippen molar-refractivity contribution < 1.29 is 9.90 Å². The molecule has 0 saturated heterocycles. The number of thioether (sulfide) groups is 1. The van der Waals surface area contributed by atoms with Crippen molar-refractivity contribution >= 4 is 29.1 Å². The molecule has 0 amide bonds. The fraction of sp³-hybridized carbons (Fsp3) is 0.250. The van der Waals surface area contributed by atoms with Crippen LogP contribution in [0, 0.1) is 0 Å². The lowest BCUT2D eigenvalue weighted by Gasteiger charge is -2.19. The number of fused-ring (bicyclic) bond motifs is 1. The summed E-state index contributed by atoms with van der Waals surface area (Å²) in [6.45, 7) is 0. The van der Waals surface area contributed by atoms with Gasteiger partial charge in [-0.05, 0) is 42.7 Å². The predicted octanol–water partition coefficient (Wildman–Crippen LogP) is 5.00. The highest BCUT2D eigenvalue weighted by atomic mass is 32.2. The van der Waals surface area contributed by atoms with E-state index in [4.69, 9.17) is 9.97 Å². The molecule has 1 atom stereocenters. The number of nitrogens with zero attached hydrogens (tertiary/aromatic N) is 2. The van der Waals surface area contributed by atoms with Crippen molar-refractivity contribution in [2.75, 3.05) is 0 Å². The Morgan fingerprint density at radius 3 is 2.62 bits per heavy atom. The van der Waals surface area contributed by atoms with E-state index in [0.29, 0.717) is 5.16 Å². The smallest absolute Gasteiger partial charge is 0.321 e. The maximum absolute atomic E-state index is 11.8. The van der Waals surface area contributed by atoms with E-state index in [-0.39, 0.29) is 0 Å². The maximum Gasteiger partial charge on any atom is 0.321 e. The van der Waals surface area contributed by atoms with Gasteiger partial charge in [0, 0.05) is 11.3 Å². The number of benzene rings is 1. The SMILES string of the molecule is O=C(O)C(Sc1nc2c(c(-c3cccs3)n1)CCCC2)c1ccccc1. The summed E-state index contributed by atoms with van der Waals surface area (Å²) >= 11 is 2.88. The molecule has 132 valence electrons. The molecule has 2 heterocycles. The van der Waals surface area contributed by atoms with Crippen molar-refractivity contribution in [1.82, 2.24) is 9.97 Å². The maximum atomic E-state index is 11.8. The monoisotopic (exact) mass is 382 g/mol. The number of carbonyl (C=O) groups is 1. The molecule has 4 rings (SSSR count). The summed E-state index contributed by atoms with van der Waals surface area (Å²) in [7, 11) is 0. The van der Waals surface area contributed by atoms with E-state index in [1.54, 1.807) is 11.3 Å². The molecular weight excluding hydrogens is 364 g/mol. The third-order valence-electron chi connectivity index (χ3n) is 4.47. The second-order valence-electron chi connectivity index (χ2n) is 6.21. The van der Waals surface area contributed by atoms with Crippen LogP contribution >= 0.6 is 23.1 Å². The first kappa shape index (κ1) is 17.2. The highest BCUT2D eigenvalue weighted by Gasteiger charge is 2.25. The molecule has 0 saturated carbocycles. The fourth-order valence-corrected chi connectivity index (χ4v) is 4.89. The molecule has 1 aliphatic rings. The van der Waals surface area contributed by atoms with E-state index >= 15 is 0 Å². The third-order valence-corrected chi connectivity index (χ3v) is 6.45. The molecule has 1 aliphatic carbocycles. The first-order valence-corrected chi connectivity index (χ1v) is 10.4. The van der Waals surface area contributed by atoms with Crippen LogP contribution in [0.5, 0.6) is 0 Å². The van der Waals surface area contributed by atoms with Crippen LogP contribution < -0.4 is 0 Å². The average molecular weight is 383 g/mol. The van der Waals surface area contributed by atoms with Gasteiger partial charge in [0.15, 0.2) is 5.16 Å². The summed E-state index contributed by atoms with van der Waals surface area (Å²) in [6, 6.07) is 13.4. The highest BCUT2D eigenvalue weighted by molar-refractivity contribution is 8.00. The molecule has 4 nitrogen and oxygen atoms in total. The summed E-state index contributed by atoms with van der Waals surface area (Å²) < 4.78 is 0. The van der Waals surface area contributed by atoms with Gasteiger partial charge in [0.05, 0.1) is 10.6 Å². The lowest BCUT2D eigenvalue weighted by atomic mass is 9.94. The molecule has 0 spiro atoms. The second kappa shape index (κ2) is 7.60. The van der Waals surface area contributed by atoms with Crippen LogP contribution in [0.25, 0.3) is 10.6 Å². The summed E-state index contributed by atoms with van der Waals surface area (Å²) in [5.74, 6) is -0.875. The lowest BCUT2D eigenvalue weighted by molar-refractivity contribution is -0.136. The van der Waals surface area contributed by atoms with E-state index in [0.717, 1.165) is 47.5 Å². The van der Waals surface area contributed by atoms with Crippen molar-refractivity contribution in [3.63, 3.8) is 0 Å². The van der Waals surface area contributed by atoms with Crippen molar-refractivity contribution in [2.24, 2.45) is 0 Å². The molecule has 2 aromatic heterocycles. The first-order valence-electron chi connectivity index (χ1n) is 8.60. The van der Waals surface area contributed by atoms with Crippen LogP contribution in [0.15, 0.2) is 53.0 Å². The van der Waals surface area contributed by atoms with E-state index in [1.807, 2.05) is 41.8 Å². The average Bonchev–Trinajstić information content (AvgIpc) is 3.20. The number of thiophene rings is 1. The van der Waals surface area contributed by atoms with Crippen LogP contribution in [-0.4, -0.2) is 21.0 Å². The number of rotatable bonds is 5. The van der Waals surface area contributed by atoms with Gasteiger partial charge in [0.25, 0.3) is 0 Å². The van der Waals surface area contributed by atoms with Crippen LogP contribution in [-0.2, 0) is 17.6 Å². The molecule has 0 aliphatic heterocycles. The normalized spacial score (nSPS) is 14.6. The van der Waals surface area contributed by atoms with Crippen LogP contribution in [0.1, 0.15) is 34.9 Å². The Balaban J connectivity index is 1.74. The van der Waals surface area contributed by atoms with Gasteiger partial charge in [-0.15, -0.1) is 11.3 Å². The molecule has 3 aromatic rings. The lowest BCUT2D eigenvalue weighted by Crippen LogP contribution is -2.12. The minimum Gasteiger partial charge on any atom is -0.480 e. The Morgan fingerprint density at radius 2 is 1.88 bits per heavy atom. The van der Waals surface area contributed by atoms with E-state index in [9.17, 15) is 9.90 Å². The largest absolute Gasteiger partial charge is 0.480 e. The fourth-order valence-electron chi connectivity index (χ4n) is 3.24. The van der Waals surface area contributed by atoms with Gasteiger partial charge in [-0.2, -0.15) is 0 Å². The number of hydrogen-bond donors (Lipinski definition) is 1. The Bertz CT molecular complexity index is 911. The second-order valence-corrected chi connectivity index (χ2v) is 8.23. The zero-order valence-electron chi connectivity index (χ0n) is 14.1. The van der Waals surface area contributed by atoms with Crippen molar-refractivity contribution in [1.29, 1.82) is 0 Å². The zero-order valence-corrected chi connectivity index (χ0v) is 15.7. The Kier molecular flexibility index (Phi) is 5.04. The van der Waals surface area contributed by atoms with Crippen LogP contribution in [0.4, 0.5) is 0 Å². The molecule has 26 heavy (non-hydrogen) atoms. The summed E-state index contributed by atoms with van der Waals surface area (Å²) in [4.78, 5) is 22.5. The van der Waals surface area contributed by atoms with Gasteiger partial charge in [-0.25, -0.2) is 9.97 Å². The number of aromatic nitrogens is 2. The van der Waals surface area contributed by atoms with E-state index in [1.165, 1.54) is 17.3 Å². The molecule has 1 aromatic carbocycles. The topological polar surface area (TPSA) is 63.1 Å². The van der Waals surface area contributed by atoms with Crippen molar-refractivity contribution in [3.8, 4) is 10.6 Å². The van der Waals surface area contributed by atoms with Crippen LogP contribution in [0.3, 0.4) is 0 Å². The van der Waals surface area contributed by atoms with Gasteiger partial charge in [0.2, 0.25) is 0 Å². The molecule has 0 fully saturated rings. The highest BCUT2D eigenvalue weighted by Crippen LogP contribution is 2.38. The number of aryl methyl sites for hydroxylation is 1. The van der Waals surface area contributed by atoms with Gasteiger partial charge < -0.3 is 5.11 Å². The molecular formula is C20H18N2O2S2. The minimum atomic E-state index is -0.875. The summed E-state index contributed by atoms with van der Waals surface area (Å²) in [5, 5.41) is 11.6. The number of carboxylic acid groups (broad SMARTS) is 1. The standard InChI is InChI=1S/C20H18N2O2S2/c23-19(24)18(13-7-2-1-3-8-13)26-20-21-15-10-5-4-9-14(15)17(22-20)16-11-6-12-25-16/h1-3,6-8,11-12,18H,4-5,9-10H2,(H,23,24). The Hall–Kier alpha value is -2.18. The Labute approximate surface area is 160 Å². The van der Waals surface area contributed by atoms with Crippen molar-refractivity contribution in [3.05, 3.63) is 64.7 Å². The minimum absolute atomic E-state index is 0.547. The first-order chi connectivity index (χ1) is 12.7. The third kappa shape index (κ3) is 3.52.